The molecule has 1 N–H and O–H groups in total. The number of aromatic nitrogens is 3. The van der Waals surface area contributed by atoms with Gasteiger partial charge in [-0.3, -0.25) is 9.36 Å². The summed E-state index contributed by atoms with van der Waals surface area (Å²) in [4.78, 5) is 32.5. The monoisotopic (exact) mass is 307 g/mol. The Morgan fingerprint density at radius 2 is 2.25 bits per heavy atom. The van der Waals surface area contributed by atoms with Gasteiger partial charge in [0.15, 0.2) is 0 Å². The van der Waals surface area contributed by atoms with Crippen LogP contribution < -0.4 is 5.56 Å². The summed E-state index contributed by atoms with van der Waals surface area (Å²) in [5.41, 5.74) is 2.72. The highest BCUT2D eigenvalue weighted by atomic mass is 32.1. The quantitative estimate of drug-likeness (QED) is 0.799. The molecule has 0 saturated heterocycles. The summed E-state index contributed by atoms with van der Waals surface area (Å²) in [5.74, 6) is -1.03. The molecule has 0 saturated carbocycles. The van der Waals surface area contributed by atoms with Crippen molar-refractivity contribution < 1.29 is 9.90 Å². The molecule has 0 aliphatic rings. The number of carboxylic acid groups (broad SMARTS) is 1. The first-order valence-corrected chi connectivity index (χ1v) is 7.42. The van der Waals surface area contributed by atoms with E-state index in [1.165, 1.54) is 22.2 Å². The third kappa shape index (κ3) is 2.02. The maximum atomic E-state index is 12.4. The maximum Gasteiger partial charge on any atom is 0.346 e. The summed E-state index contributed by atoms with van der Waals surface area (Å²) < 4.78 is 1.45. The molecule has 20 heavy (non-hydrogen) atoms. The van der Waals surface area contributed by atoms with Crippen molar-refractivity contribution in [2.24, 2.45) is 0 Å². The van der Waals surface area contributed by atoms with Crippen molar-refractivity contribution in [3.63, 3.8) is 0 Å². The average molecular weight is 307 g/mol. The van der Waals surface area contributed by atoms with E-state index in [-0.39, 0.29) is 10.4 Å². The minimum Gasteiger partial charge on any atom is -0.477 e. The van der Waals surface area contributed by atoms with Gasteiger partial charge in [-0.25, -0.2) is 14.8 Å². The van der Waals surface area contributed by atoms with E-state index in [4.69, 9.17) is 5.11 Å². The number of thiazole rings is 1. The summed E-state index contributed by atoms with van der Waals surface area (Å²) in [6.07, 6.45) is 1.44. The second-order valence-corrected chi connectivity index (χ2v) is 5.92. The fraction of sp³-hybridized carbons (Fsp3) is 0.167. The Bertz CT molecular complexity index is 849. The second-order valence-electron chi connectivity index (χ2n) is 4.20. The van der Waals surface area contributed by atoms with Crippen LogP contribution in [-0.4, -0.2) is 25.6 Å². The van der Waals surface area contributed by atoms with Crippen molar-refractivity contribution in [3.8, 4) is 0 Å². The fourth-order valence-corrected chi connectivity index (χ4v) is 3.49. The van der Waals surface area contributed by atoms with Crippen LogP contribution in [0.25, 0.3) is 10.2 Å². The van der Waals surface area contributed by atoms with Gasteiger partial charge in [0.25, 0.3) is 5.56 Å². The van der Waals surface area contributed by atoms with Gasteiger partial charge in [-0.05, 0) is 12.5 Å². The van der Waals surface area contributed by atoms with Gasteiger partial charge in [0.05, 0.1) is 29.5 Å². The lowest BCUT2D eigenvalue weighted by molar-refractivity contribution is 0.0701. The van der Waals surface area contributed by atoms with E-state index >= 15 is 0 Å². The van der Waals surface area contributed by atoms with Gasteiger partial charge in [-0.2, -0.15) is 0 Å². The molecule has 8 heteroatoms. The van der Waals surface area contributed by atoms with Gasteiger partial charge >= 0.3 is 5.97 Å². The number of rotatable bonds is 3. The fourth-order valence-electron chi connectivity index (χ4n) is 1.97. The van der Waals surface area contributed by atoms with E-state index in [9.17, 15) is 9.59 Å². The van der Waals surface area contributed by atoms with Crippen molar-refractivity contribution in [2.75, 3.05) is 0 Å². The standard InChI is InChI=1S/C12H9N3O3S2/c1-6-8-10(20-9(6)12(17)18)13-4-15(11(8)16)2-7-3-19-5-14-7/h3-5H,2H2,1H3,(H,17,18). The second kappa shape index (κ2) is 4.80. The zero-order chi connectivity index (χ0) is 14.3. The minimum absolute atomic E-state index is 0.163. The molecule has 0 spiro atoms. The first-order valence-electron chi connectivity index (χ1n) is 5.67. The molecule has 3 aromatic rings. The van der Waals surface area contributed by atoms with Crippen LogP contribution in [0, 0.1) is 6.92 Å². The Morgan fingerprint density at radius 3 is 2.90 bits per heavy atom. The molecule has 0 atom stereocenters. The number of hydrogen-bond donors (Lipinski definition) is 1. The van der Waals surface area contributed by atoms with Crippen LogP contribution in [0.3, 0.4) is 0 Å². The van der Waals surface area contributed by atoms with E-state index in [1.807, 2.05) is 5.38 Å². The largest absolute Gasteiger partial charge is 0.477 e. The van der Waals surface area contributed by atoms with E-state index < -0.39 is 5.97 Å². The number of fused-ring (bicyclic) bond motifs is 1. The van der Waals surface area contributed by atoms with Crippen LogP contribution in [0.5, 0.6) is 0 Å². The molecule has 0 fully saturated rings. The number of aryl methyl sites for hydroxylation is 1. The molecular weight excluding hydrogens is 298 g/mol. The number of thiophene rings is 1. The number of hydrogen-bond acceptors (Lipinski definition) is 6. The van der Waals surface area contributed by atoms with E-state index in [2.05, 4.69) is 9.97 Å². The molecule has 102 valence electrons. The minimum atomic E-state index is -1.03. The molecular formula is C12H9N3O3S2. The Balaban J connectivity index is 2.17. The summed E-state index contributed by atoms with van der Waals surface area (Å²) in [5, 5.41) is 11.3. The summed E-state index contributed by atoms with van der Waals surface area (Å²) >= 11 is 2.48. The number of carbonyl (C=O) groups is 1. The average Bonchev–Trinajstić information content (AvgIpc) is 3.01. The lowest BCUT2D eigenvalue weighted by Crippen LogP contribution is -2.21. The normalized spacial score (nSPS) is 11.1. The predicted octanol–water partition coefficient (Wildman–Crippen LogP) is 1.97. The Hall–Kier alpha value is -2.06. The third-order valence-corrected chi connectivity index (χ3v) is 4.75. The zero-order valence-corrected chi connectivity index (χ0v) is 12.0. The van der Waals surface area contributed by atoms with Crippen LogP contribution in [0.1, 0.15) is 20.9 Å². The predicted molar refractivity (Wildman–Crippen MR) is 76.8 cm³/mol. The summed E-state index contributed by atoms with van der Waals surface area (Å²) in [7, 11) is 0. The lowest BCUT2D eigenvalue weighted by Gasteiger charge is -2.02. The Kier molecular flexibility index (Phi) is 3.11. The number of aromatic carboxylic acids is 1. The lowest BCUT2D eigenvalue weighted by atomic mass is 10.2. The first kappa shape index (κ1) is 12.9. The molecule has 0 aromatic carbocycles. The third-order valence-electron chi connectivity index (χ3n) is 2.93. The van der Waals surface area contributed by atoms with E-state index in [1.54, 1.807) is 12.4 Å². The van der Waals surface area contributed by atoms with Gasteiger partial charge < -0.3 is 5.11 Å². The molecule has 3 aromatic heterocycles. The highest BCUT2D eigenvalue weighted by Crippen LogP contribution is 2.26. The maximum absolute atomic E-state index is 12.4. The van der Waals surface area contributed by atoms with Crippen molar-refractivity contribution in [1.82, 2.24) is 14.5 Å². The van der Waals surface area contributed by atoms with Crippen molar-refractivity contribution in [1.29, 1.82) is 0 Å². The zero-order valence-electron chi connectivity index (χ0n) is 10.4. The van der Waals surface area contributed by atoms with E-state index in [0.717, 1.165) is 17.0 Å². The smallest absolute Gasteiger partial charge is 0.346 e. The molecule has 3 heterocycles. The van der Waals surface area contributed by atoms with Crippen molar-refractivity contribution in [3.05, 3.63) is 43.7 Å². The Morgan fingerprint density at radius 1 is 1.45 bits per heavy atom. The van der Waals surface area contributed by atoms with Crippen LogP contribution in [-0.2, 0) is 6.54 Å². The van der Waals surface area contributed by atoms with Crippen LogP contribution in [0.4, 0.5) is 0 Å². The molecule has 3 rings (SSSR count). The van der Waals surface area contributed by atoms with Gasteiger partial charge in [-0.15, -0.1) is 22.7 Å². The first-order chi connectivity index (χ1) is 9.58. The molecule has 0 radical (unpaired) electrons. The van der Waals surface area contributed by atoms with E-state index in [0.29, 0.717) is 22.3 Å². The summed E-state index contributed by atoms with van der Waals surface area (Å²) in [6, 6.07) is 0. The van der Waals surface area contributed by atoms with Gasteiger partial charge in [0.1, 0.15) is 9.71 Å². The van der Waals surface area contributed by atoms with Crippen molar-refractivity contribution >= 4 is 38.9 Å². The molecule has 0 unspecified atom stereocenters. The number of nitrogens with zero attached hydrogens (tertiary/aromatic N) is 3. The van der Waals surface area contributed by atoms with Crippen LogP contribution in [0.2, 0.25) is 0 Å². The molecule has 6 nitrogen and oxygen atoms in total. The molecule has 0 aliphatic heterocycles. The highest BCUT2D eigenvalue weighted by molar-refractivity contribution is 7.20. The number of carboxylic acids is 1. The van der Waals surface area contributed by atoms with Gasteiger partial charge in [0.2, 0.25) is 0 Å². The molecule has 0 amide bonds. The molecule has 0 aliphatic carbocycles. The SMILES string of the molecule is Cc1c(C(=O)O)sc2ncn(Cc3cscn3)c(=O)c12. The highest BCUT2D eigenvalue weighted by Gasteiger charge is 2.18. The van der Waals surface area contributed by atoms with Crippen LogP contribution in [0.15, 0.2) is 22.0 Å². The van der Waals surface area contributed by atoms with Gasteiger partial charge in [-0.1, -0.05) is 0 Å². The van der Waals surface area contributed by atoms with Gasteiger partial charge in [0, 0.05) is 5.38 Å². The topological polar surface area (TPSA) is 85.1 Å². The molecule has 0 bridgehead atoms. The summed E-state index contributed by atoms with van der Waals surface area (Å²) in [6.45, 7) is 1.97. The van der Waals surface area contributed by atoms with Crippen molar-refractivity contribution in [2.45, 2.75) is 13.5 Å². The van der Waals surface area contributed by atoms with Crippen LogP contribution >= 0.6 is 22.7 Å². The Labute approximate surface area is 121 Å².